The maximum absolute atomic E-state index is 9.49. The molecule has 0 aromatic carbocycles. The van der Waals surface area contributed by atoms with Gasteiger partial charge in [0.1, 0.15) is 6.73 Å². The number of carbonyl (C=O) groups is 1. The van der Waals surface area contributed by atoms with Crippen LogP contribution in [0.3, 0.4) is 0 Å². The molecule has 3 rings (SSSR count). The van der Waals surface area contributed by atoms with Crippen molar-refractivity contribution in [1.82, 2.24) is 15.2 Å². The Bertz CT molecular complexity index is 701. The number of ether oxygens (including phenoxy) is 2. The SMILES string of the molecule is CCOCNC=O.CCc1cc2c(s1)CCOC21CCN(C/C(N)=C/N(N)CC)CC1. The van der Waals surface area contributed by atoms with Crippen molar-refractivity contribution < 1.29 is 14.3 Å². The molecule has 3 heterocycles. The summed E-state index contributed by atoms with van der Waals surface area (Å²) in [6.07, 6.45) is 6.74. The highest BCUT2D eigenvalue weighted by molar-refractivity contribution is 7.12. The summed E-state index contributed by atoms with van der Waals surface area (Å²) in [7, 11) is 0. The van der Waals surface area contributed by atoms with Crippen LogP contribution in [0.5, 0.6) is 0 Å². The third-order valence-corrected chi connectivity index (χ3v) is 6.99. The fourth-order valence-electron chi connectivity index (χ4n) is 3.93. The zero-order chi connectivity index (χ0) is 22.7. The second-order valence-corrected chi connectivity index (χ2v) is 8.99. The van der Waals surface area contributed by atoms with Gasteiger partial charge in [0.15, 0.2) is 0 Å². The number of carbonyl (C=O) groups excluding carboxylic acids is 1. The van der Waals surface area contributed by atoms with Gasteiger partial charge in [0, 0.05) is 60.9 Å². The lowest BCUT2D eigenvalue weighted by atomic mass is 9.82. The predicted molar refractivity (Wildman–Crippen MR) is 125 cm³/mol. The molecule has 0 radical (unpaired) electrons. The number of likely N-dealkylation sites (tertiary alicyclic amines) is 1. The molecule has 9 heteroatoms. The average molecular weight is 454 g/mol. The molecule has 1 fully saturated rings. The summed E-state index contributed by atoms with van der Waals surface area (Å²) >= 11 is 1.98. The lowest BCUT2D eigenvalue weighted by Gasteiger charge is -2.44. The van der Waals surface area contributed by atoms with Crippen LogP contribution in [0.4, 0.5) is 0 Å². The van der Waals surface area contributed by atoms with Gasteiger partial charge in [-0.05, 0) is 44.7 Å². The number of nitrogens with two attached hydrogens (primary N) is 2. The number of hydrazine groups is 1. The molecule has 0 saturated carbocycles. The minimum atomic E-state index is -0.0597. The first-order chi connectivity index (χ1) is 15.0. The van der Waals surface area contributed by atoms with E-state index in [1.165, 1.54) is 10.4 Å². The fourth-order valence-corrected chi connectivity index (χ4v) is 5.11. The van der Waals surface area contributed by atoms with Gasteiger partial charge in [0.25, 0.3) is 0 Å². The molecular formula is C22H39N5O3S. The number of aryl methyl sites for hydroxylation is 1. The number of rotatable bonds is 9. The first kappa shape index (κ1) is 25.6. The highest BCUT2D eigenvalue weighted by Crippen LogP contribution is 2.44. The minimum Gasteiger partial charge on any atom is -0.400 e. The molecule has 5 N–H and O–H groups in total. The van der Waals surface area contributed by atoms with Gasteiger partial charge >= 0.3 is 0 Å². The molecule has 1 saturated heterocycles. The van der Waals surface area contributed by atoms with Crippen molar-refractivity contribution in [3.8, 4) is 0 Å². The number of fused-ring (bicyclic) bond motifs is 2. The van der Waals surface area contributed by atoms with Gasteiger partial charge in [0.05, 0.1) is 12.2 Å². The van der Waals surface area contributed by atoms with Crippen LogP contribution in [0, 0.1) is 0 Å². The van der Waals surface area contributed by atoms with E-state index in [0.717, 1.165) is 64.2 Å². The smallest absolute Gasteiger partial charge is 0.208 e. The van der Waals surface area contributed by atoms with Crippen LogP contribution in [0.2, 0.25) is 0 Å². The summed E-state index contributed by atoms with van der Waals surface area (Å²) in [6, 6.07) is 2.40. The molecule has 1 aromatic rings. The third kappa shape index (κ3) is 7.47. The molecule has 1 spiro atoms. The average Bonchev–Trinajstić information content (AvgIpc) is 3.21. The molecule has 0 unspecified atom stereocenters. The van der Waals surface area contributed by atoms with Crippen molar-refractivity contribution in [1.29, 1.82) is 0 Å². The summed E-state index contributed by atoms with van der Waals surface area (Å²) in [5.74, 6) is 5.80. The van der Waals surface area contributed by atoms with Crippen LogP contribution >= 0.6 is 11.3 Å². The van der Waals surface area contributed by atoms with Gasteiger partial charge in [-0.15, -0.1) is 11.3 Å². The van der Waals surface area contributed by atoms with Gasteiger partial charge < -0.3 is 25.5 Å². The Hall–Kier alpha value is -1.65. The number of nitrogens with zero attached hydrogens (tertiary/aromatic N) is 2. The zero-order valence-corrected chi connectivity index (χ0v) is 20.0. The molecule has 2 aliphatic rings. The van der Waals surface area contributed by atoms with Crippen molar-refractivity contribution in [2.75, 3.05) is 46.1 Å². The molecule has 0 aliphatic carbocycles. The standard InChI is InChI=1S/C18H30N4OS.C4H9NO2/c1-3-15-11-16-17(24-15)5-10-23-18(16)6-8-21(9-7-18)12-14(19)13-22(20)4-2;1-2-7-4-5-3-6/h11,13H,3-10,12,19-20H2,1-2H3;3H,2,4H2,1H3,(H,5,6)/b14-13-;. The number of piperidine rings is 1. The Morgan fingerprint density at radius 3 is 2.74 bits per heavy atom. The van der Waals surface area contributed by atoms with E-state index < -0.39 is 0 Å². The van der Waals surface area contributed by atoms with Crippen LogP contribution in [-0.4, -0.2) is 62.4 Å². The number of thiophene rings is 1. The van der Waals surface area contributed by atoms with Crippen LogP contribution in [0.15, 0.2) is 18.0 Å². The summed E-state index contributed by atoms with van der Waals surface area (Å²) in [4.78, 5) is 14.9. The summed E-state index contributed by atoms with van der Waals surface area (Å²) in [6.45, 7) is 11.5. The molecule has 1 amide bonds. The molecule has 0 atom stereocenters. The van der Waals surface area contributed by atoms with Gasteiger partial charge in [-0.2, -0.15) is 0 Å². The second kappa shape index (κ2) is 13.0. The Labute approximate surface area is 190 Å². The minimum absolute atomic E-state index is 0.0597. The van der Waals surface area contributed by atoms with E-state index in [2.05, 4.69) is 23.2 Å². The maximum atomic E-state index is 9.49. The Morgan fingerprint density at radius 2 is 2.13 bits per heavy atom. The molecule has 176 valence electrons. The van der Waals surface area contributed by atoms with Crippen molar-refractivity contribution in [2.24, 2.45) is 11.6 Å². The second-order valence-electron chi connectivity index (χ2n) is 7.77. The van der Waals surface area contributed by atoms with E-state index in [-0.39, 0.29) is 5.60 Å². The Kier molecular flexibility index (Phi) is 10.8. The number of hydrogen-bond acceptors (Lipinski definition) is 8. The van der Waals surface area contributed by atoms with Crippen LogP contribution in [0.25, 0.3) is 0 Å². The Morgan fingerprint density at radius 1 is 1.39 bits per heavy atom. The monoisotopic (exact) mass is 453 g/mol. The topological polar surface area (TPSA) is 106 Å². The summed E-state index contributed by atoms with van der Waals surface area (Å²) in [5, 5.41) is 3.98. The highest BCUT2D eigenvalue weighted by atomic mass is 32.1. The molecule has 31 heavy (non-hydrogen) atoms. The molecule has 0 bridgehead atoms. The quantitative estimate of drug-likeness (QED) is 0.172. The van der Waals surface area contributed by atoms with Gasteiger partial charge in [0.2, 0.25) is 6.41 Å². The van der Waals surface area contributed by atoms with Gasteiger partial charge in [-0.1, -0.05) is 6.92 Å². The highest BCUT2D eigenvalue weighted by Gasteiger charge is 2.41. The van der Waals surface area contributed by atoms with Gasteiger partial charge in [-0.3, -0.25) is 9.69 Å². The number of nitrogens with one attached hydrogen (secondary N) is 1. The third-order valence-electron chi connectivity index (χ3n) is 5.65. The zero-order valence-electron chi connectivity index (χ0n) is 19.2. The van der Waals surface area contributed by atoms with E-state index >= 15 is 0 Å². The van der Waals surface area contributed by atoms with Gasteiger partial charge in [-0.25, -0.2) is 5.84 Å². The normalized spacial score (nSPS) is 18.1. The van der Waals surface area contributed by atoms with Crippen molar-refractivity contribution in [3.05, 3.63) is 33.3 Å². The first-order valence-corrected chi connectivity index (χ1v) is 12.0. The van der Waals surface area contributed by atoms with E-state index in [4.69, 9.17) is 21.1 Å². The van der Waals surface area contributed by atoms with Crippen molar-refractivity contribution in [3.63, 3.8) is 0 Å². The fraction of sp³-hybridized carbons (Fsp3) is 0.682. The van der Waals surface area contributed by atoms with E-state index in [1.54, 1.807) is 9.89 Å². The maximum Gasteiger partial charge on any atom is 0.208 e. The summed E-state index contributed by atoms with van der Waals surface area (Å²) in [5.41, 5.74) is 8.35. The summed E-state index contributed by atoms with van der Waals surface area (Å²) < 4.78 is 11.1. The Balaban J connectivity index is 0.000000423. The van der Waals surface area contributed by atoms with Crippen molar-refractivity contribution in [2.45, 2.75) is 52.1 Å². The van der Waals surface area contributed by atoms with E-state index in [0.29, 0.717) is 19.7 Å². The number of amides is 1. The number of hydrogen-bond donors (Lipinski definition) is 3. The molecule has 2 aliphatic heterocycles. The van der Waals surface area contributed by atoms with Crippen LogP contribution in [-0.2, 0) is 32.7 Å². The predicted octanol–water partition coefficient (Wildman–Crippen LogP) is 1.90. The first-order valence-electron chi connectivity index (χ1n) is 11.2. The van der Waals surface area contributed by atoms with E-state index in [9.17, 15) is 4.79 Å². The van der Waals surface area contributed by atoms with Crippen molar-refractivity contribution >= 4 is 17.7 Å². The lowest BCUT2D eigenvalue weighted by Crippen LogP contribution is -2.47. The molecule has 1 aromatic heterocycles. The molecule has 8 nitrogen and oxygen atoms in total. The van der Waals surface area contributed by atoms with E-state index in [1.807, 2.05) is 31.4 Å². The largest absolute Gasteiger partial charge is 0.400 e. The van der Waals surface area contributed by atoms with Crippen LogP contribution < -0.4 is 16.9 Å². The lowest BCUT2D eigenvalue weighted by molar-refractivity contribution is -0.111. The molecular weight excluding hydrogens is 414 g/mol. The van der Waals surface area contributed by atoms with Crippen LogP contribution in [0.1, 0.15) is 48.9 Å².